The molecule has 3 aromatic rings. The number of carbonyl (C=O) groups excluding carboxylic acids is 1. The van der Waals surface area contributed by atoms with Crippen LogP contribution in [0.15, 0.2) is 66.7 Å². The highest BCUT2D eigenvalue weighted by atomic mass is 16.5. The monoisotopic (exact) mass is 453 g/mol. The van der Waals surface area contributed by atoms with Gasteiger partial charge in [-0.05, 0) is 78.6 Å². The number of hydrogen-bond donors (Lipinski definition) is 1. The van der Waals surface area contributed by atoms with Crippen molar-refractivity contribution in [1.29, 1.82) is 0 Å². The largest absolute Gasteiger partial charge is 0.428 e. The van der Waals surface area contributed by atoms with Gasteiger partial charge < -0.3 is 10.1 Å². The van der Waals surface area contributed by atoms with Gasteiger partial charge in [0.15, 0.2) is 0 Å². The van der Waals surface area contributed by atoms with Crippen LogP contribution in [0, 0.1) is 13.8 Å². The minimum absolute atomic E-state index is 0.518. The highest BCUT2D eigenvalue weighted by Gasteiger charge is 2.20. The van der Waals surface area contributed by atoms with Crippen LogP contribution >= 0.6 is 0 Å². The third-order valence-corrected chi connectivity index (χ3v) is 7.00. The maximum Gasteiger partial charge on any atom is 0.298 e. The van der Waals surface area contributed by atoms with Gasteiger partial charge in [0.1, 0.15) is 5.75 Å². The normalized spacial score (nSPS) is 14.7. The Hall–Kier alpha value is -3.17. The Morgan fingerprint density at radius 2 is 1.71 bits per heavy atom. The Bertz CT molecular complexity index is 1140. The number of allylic oxidation sites excluding steroid dienone is 1. The fourth-order valence-corrected chi connectivity index (χ4v) is 5.30. The van der Waals surface area contributed by atoms with E-state index in [1.54, 1.807) is 0 Å². The summed E-state index contributed by atoms with van der Waals surface area (Å²) >= 11 is 0. The van der Waals surface area contributed by atoms with Crippen molar-refractivity contribution in [2.75, 3.05) is 0 Å². The predicted molar refractivity (Wildman–Crippen MR) is 141 cm³/mol. The van der Waals surface area contributed by atoms with Gasteiger partial charge in [0.05, 0.1) is 0 Å². The molecule has 0 heterocycles. The van der Waals surface area contributed by atoms with Crippen LogP contribution in [-0.4, -0.2) is 12.5 Å². The lowest BCUT2D eigenvalue weighted by Gasteiger charge is -2.23. The number of aryl methyl sites for hydroxylation is 1. The number of rotatable bonds is 8. The third kappa shape index (κ3) is 5.31. The van der Waals surface area contributed by atoms with Crippen molar-refractivity contribution in [1.82, 2.24) is 5.32 Å². The quantitative estimate of drug-likeness (QED) is 0.362. The molecule has 0 aromatic heterocycles. The van der Waals surface area contributed by atoms with Crippen molar-refractivity contribution in [3.8, 4) is 16.9 Å². The molecule has 176 valence electrons. The minimum Gasteiger partial charge on any atom is -0.428 e. The van der Waals surface area contributed by atoms with Gasteiger partial charge in [0, 0.05) is 18.2 Å². The summed E-state index contributed by atoms with van der Waals surface area (Å²) in [5.74, 6) is 0.596. The first-order chi connectivity index (χ1) is 16.6. The van der Waals surface area contributed by atoms with Gasteiger partial charge in [0.25, 0.3) is 6.47 Å². The molecule has 0 amide bonds. The lowest BCUT2D eigenvalue weighted by molar-refractivity contribution is -0.120. The molecule has 3 aromatic carbocycles. The summed E-state index contributed by atoms with van der Waals surface area (Å²) in [5, 5.41) is 3.73. The van der Waals surface area contributed by atoms with Crippen LogP contribution in [-0.2, 0) is 11.3 Å². The zero-order chi connectivity index (χ0) is 23.9. The van der Waals surface area contributed by atoms with E-state index >= 15 is 0 Å². The van der Waals surface area contributed by atoms with Crippen LogP contribution in [0.2, 0.25) is 0 Å². The molecule has 3 nitrogen and oxygen atoms in total. The van der Waals surface area contributed by atoms with E-state index in [9.17, 15) is 4.79 Å². The zero-order valence-electron chi connectivity index (χ0n) is 20.6. The zero-order valence-corrected chi connectivity index (χ0v) is 20.6. The number of benzene rings is 3. The van der Waals surface area contributed by atoms with E-state index in [-0.39, 0.29) is 0 Å². The summed E-state index contributed by atoms with van der Waals surface area (Å²) in [5.41, 5.74) is 9.01. The van der Waals surface area contributed by atoms with Crippen molar-refractivity contribution in [3.63, 3.8) is 0 Å². The minimum atomic E-state index is 0.518. The molecule has 4 rings (SSSR count). The SMILES string of the molecule is C/C=C(/c1ccccc1)c1c(OC=O)cc(C)c(-c2ccc(CNC3CCCCC3)cc2)c1C. The van der Waals surface area contributed by atoms with Crippen molar-refractivity contribution >= 4 is 12.0 Å². The molecule has 0 atom stereocenters. The smallest absolute Gasteiger partial charge is 0.298 e. The number of nitrogens with one attached hydrogen (secondary N) is 1. The van der Waals surface area contributed by atoms with Gasteiger partial charge in [-0.2, -0.15) is 0 Å². The lowest BCUT2D eigenvalue weighted by atomic mass is 9.86. The molecule has 0 saturated heterocycles. The number of carbonyl (C=O) groups is 1. The van der Waals surface area contributed by atoms with Crippen LogP contribution in [0.25, 0.3) is 16.7 Å². The van der Waals surface area contributed by atoms with E-state index in [0.29, 0.717) is 18.3 Å². The maximum absolute atomic E-state index is 11.3. The molecule has 34 heavy (non-hydrogen) atoms. The van der Waals surface area contributed by atoms with Crippen LogP contribution in [0.4, 0.5) is 0 Å². The topological polar surface area (TPSA) is 38.3 Å². The van der Waals surface area contributed by atoms with Crippen molar-refractivity contribution in [2.24, 2.45) is 0 Å². The summed E-state index contributed by atoms with van der Waals surface area (Å²) in [4.78, 5) is 11.3. The number of ether oxygens (including phenoxy) is 1. The Balaban J connectivity index is 1.68. The van der Waals surface area contributed by atoms with Gasteiger partial charge in [0.2, 0.25) is 0 Å². The fourth-order valence-electron chi connectivity index (χ4n) is 5.30. The van der Waals surface area contributed by atoms with E-state index < -0.39 is 0 Å². The Morgan fingerprint density at radius 1 is 1.00 bits per heavy atom. The number of hydrogen-bond acceptors (Lipinski definition) is 3. The lowest BCUT2D eigenvalue weighted by Crippen LogP contribution is -2.30. The Kier molecular flexibility index (Phi) is 7.97. The van der Waals surface area contributed by atoms with Crippen molar-refractivity contribution < 1.29 is 9.53 Å². The summed E-state index contributed by atoms with van der Waals surface area (Å²) in [7, 11) is 0. The predicted octanol–water partition coefficient (Wildman–Crippen LogP) is 7.38. The van der Waals surface area contributed by atoms with E-state index in [0.717, 1.165) is 34.4 Å². The van der Waals surface area contributed by atoms with Crippen LogP contribution < -0.4 is 10.1 Å². The molecule has 1 fully saturated rings. The van der Waals surface area contributed by atoms with Gasteiger partial charge in [-0.3, -0.25) is 4.79 Å². The molecule has 0 aliphatic heterocycles. The Labute approximate surface area is 203 Å². The van der Waals surface area contributed by atoms with Crippen LogP contribution in [0.3, 0.4) is 0 Å². The second-order valence-corrected chi connectivity index (χ2v) is 9.26. The maximum atomic E-state index is 11.3. The first kappa shape index (κ1) is 24.0. The second kappa shape index (κ2) is 11.3. The van der Waals surface area contributed by atoms with Gasteiger partial charge in [-0.1, -0.05) is 79.9 Å². The molecule has 1 aliphatic carbocycles. The van der Waals surface area contributed by atoms with E-state index in [2.05, 4.69) is 61.6 Å². The van der Waals surface area contributed by atoms with Crippen LogP contribution in [0.1, 0.15) is 66.8 Å². The standard InChI is InChI=1S/C31H35NO2/c1-4-28(25-11-7-5-8-12-25)31-23(3)30(22(2)19-29(31)34-21-33)26-17-15-24(16-18-26)20-32-27-13-9-6-10-14-27/h4-5,7-8,11-12,15-19,21,27,32H,6,9-10,13-14,20H2,1-3H3/b28-4-. The third-order valence-electron chi connectivity index (χ3n) is 7.00. The molecule has 0 radical (unpaired) electrons. The summed E-state index contributed by atoms with van der Waals surface area (Å²) in [6.07, 6.45) is 8.75. The van der Waals surface area contributed by atoms with Gasteiger partial charge in [-0.25, -0.2) is 0 Å². The first-order valence-electron chi connectivity index (χ1n) is 12.4. The molecule has 0 bridgehead atoms. The molecular weight excluding hydrogens is 418 g/mol. The molecule has 3 heteroatoms. The first-order valence-corrected chi connectivity index (χ1v) is 12.4. The molecule has 1 N–H and O–H groups in total. The fraction of sp³-hybridized carbons (Fsp3) is 0.323. The Morgan fingerprint density at radius 3 is 2.35 bits per heavy atom. The van der Waals surface area contributed by atoms with Crippen LogP contribution in [0.5, 0.6) is 5.75 Å². The summed E-state index contributed by atoms with van der Waals surface area (Å²) < 4.78 is 5.47. The van der Waals surface area contributed by atoms with E-state index in [1.807, 2.05) is 31.2 Å². The van der Waals surface area contributed by atoms with E-state index in [4.69, 9.17) is 4.74 Å². The highest BCUT2D eigenvalue weighted by Crippen LogP contribution is 2.41. The van der Waals surface area contributed by atoms with Crippen molar-refractivity contribution in [2.45, 2.75) is 65.5 Å². The molecule has 0 spiro atoms. The summed E-state index contributed by atoms with van der Waals surface area (Å²) in [6.45, 7) is 7.67. The second-order valence-electron chi connectivity index (χ2n) is 9.26. The van der Waals surface area contributed by atoms with Gasteiger partial charge in [-0.15, -0.1) is 0 Å². The molecule has 0 unspecified atom stereocenters. The molecular formula is C31H35NO2. The summed E-state index contributed by atoms with van der Waals surface area (Å²) in [6, 6.07) is 21.8. The molecule has 1 saturated carbocycles. The van der Waals surface area contributed by atoms with Gasteiger partial charge >= 0.3 is 0 Å². The van der Waals surface area contributed by atoms with Crippen molar-refractivity contribution in [3.05, 3.63) is 94.6 Å². The average Bonchev–Trinajstić information content (AvgIpc) is 2.87. The average molecular weight is 454 g/mol. The molecule has 1 aliphatic rings. The van der Waals surface area contributed by atoms with E-state index in [1.165, 1.54) is 48.8 Å². The highest BCUT2D eigenvalue weighted by molar-refractivity contribution is 5.89.